The largest absolute Gasteiger partial charge is 0.497 e. The molecule has 3 aromatic carbocycles. The SMILES string of the molecule is COc1ccc(CN(Cc2ccc(OC)cc2OC)S(=O)(=O)c2cccc(NC(=O)c3cc(OC(F)F)cnc3N3CCCC(F)(F)CC3)c2)c(OC)c1. The number of aromatic nitrogens is 1. The van der Waals surface area contributed by atoms with Crippen molar-refractivity contribution >= 4 is 27.4 Å². The Hall–Kier alpha value is -5.29. The van der Waals surface area contributed by atoms with E-state index in [4.69, 9.17) is 18.9 Å². The van der Waals surface area contributed by atoms with Crippen LogP contribution in [0.1, 0.15) is 40.7 Å². The van der Waals surface area contributed by atoms with Crippen molar-refractivity contribution < 1.29 is 54.5 Å². The van der Waals surface area contributed by atoms with Crippen LogP contribution in [0.25, 0.3) is 0 Å². The second-order valence-corrected chi connectivity index (χ2v) is 14.2. The molecule has 12 nitrogen and oxygen atoms in total. The number of nitrogens with one attached hydrogen (secondary N) is 1. The molecule has 1 amide bonds. The summed E-state index contributed by atoms with van der Waals surface area (Å²) in [6.07, 6.45) is 0.240. The number of carbonyl (C=O) groups is 1. The van der Waals surface area contributed by atoms with E-state index in [0.29, 0.717) is 34.1 Å². The number of carbonyl (C=O) groups excluding carboxylic acids is 1. The van der Waals surface area contributed by atoms with Crippen molar-refractivity contribution in [2.45, 2.75) is 49.8 Å². The van der Waals surface area contributed by atoms with Gasteiger partial charge in [-0.1, -0.05) is 18.2 Å². The Morgan fingerprint density at radius 3 is 2.06 bits per heavy atom. The Balaban J connectivity index is 1.50. The van der Waals surface area contributed by atoms with Crippen molar-refractivity contribution in [1.29, 1.82) is 0 Å². The Labute approximate surface area is 310 Å². The summed E-state index contributed by atoms with van der Waals surface area (Å²) in [5.74, 6) is -2.43. The molecular formula is C37H40F4N4O8S. The number of nitrogens with zero attached hydrogens (tertiary/aromatic N) is 3. The number of sulfonamides is 1. The topological polar surface area (TPSA) is 129 Å². The molecule has 0 saturated carbocycles. The van der Waals surface area contributed by atoms with Crippen LogP contribution in [0.3, 0.4) is 0 Å². The molecule has 1 fully saturated rings. The maximum absolute atomic E-state index is 14.5. The number of alkyl halides is 4. The number of hydrogen-bond acceptors (Lipinski definition) is 10. The first-order valence-electron chi connectivity index (χ1n) is 16.7. The molecule has 0 radical (unpaired) electrons. The van der Waals surface area contributed by atoms with Crippen LogP contribution >= 0.6 is 0 Å². The second-order valence-electron chi connectivity index (χ2n) is 12.2. The van der Waals surface area contributed by atoms with E-state index in [2.05, 4.69) is 15.0 Å². The third-order valence-corrected chi connectivity index (χ3v) is 10.5. The van der Waals surface area contributed by atoms with Crippen LogP contribution in [0.2, 0.25) is 0 Å². The predicted octanol–water partition coefficient (Wildman–Crippen LogP) is 6.99. The van der Waals surface area contributed by atoms with Gasteiger partial charge in [0, 0.05) is 68.0 Å². The van der Waals surface area contributed by atoms with E-state index >= 15 is 0 Å². The third-order valence-electron chi connectivity index (χ3n) is 8.74. The van der Waals surface area contributed by atoms with Crippen molar-refractivity contribution in [2.24, 2.45) is 0 Å². The van der Waals surface area contributed by atoms with Crippen LogP contribution < -0.4 is 33.9 Å². The zero-order valence-electron chi connectivity index (χ0n) is 30.0. The normalized spacial score (nSPS) is 14.4. The maximum Gasteiger partial charge on any atom is 0.387 e. The molecule has 5 rings (SSSR count). The Kier molecular flexibility index (Phi) is 12.7. The van der Waals surface area contributed by atoms with Gasteiger partial charge in [0.15, 0.2) is 0 Å². The first kappa shape index (κ1) is 39.9. The smallest absolute Gasteiger partial charge is 0.387 e. The number of pyridine rings is 1. The molecular weight excluding hydrogens is 736 g/mol. The average Bonchev–Trinajstić information content (AvgIpc) is 3.34. The Bertz CT molecular complexity index is 2000. The van der Waals surface area contributed by atoms with Gasteiger partial charge in [-0.3, -0.25) is 4.79 Å². The average molecular weight is 777 g/mol. The van der Waals surface area contributed by atoms with Crippen LogP contribution in [-0.2, 0) is 23.1 Å². The lowest BCUT2D eigenvalue weighted by molar-refractivity contribution is -0.0501. The number of rotatable bonds is 15. The van der Waals surface area contributed by atoms with Gasteiger partial charge in [-0.25, -0.2) is 22.2 Å². The van der Waals surface area contributed by atoms with Crippen molar-refractivity contribution in [3.8, 4) is 28.7 Å². The molecule has 1 aromatic heterocycles. The highest BCUT2D eigenvalue weighted by Gasteiger charge is 2.34. The molecule has 2 heterocycles. The molecule has 17 heteroatoms. The van der Waals surface area contributed by atoms with E-state index in [1.807, 2.05) is 0 Å². The minimum absolute atomic E-state index is 0.0105. The van der Waals surface area contributed by atoms with Crippen molar-refractivity contribution in [3.63, 3.8) is 0 Å². The van der Waals surface area contributed by atoms with E-state index < -0.39 is 40.6 Å². The van der Waals surface area contributed by atoms with Gasteiger partial charge in [0.05, 0.1) is 45.1 Å². The van der Waals surface area contributed by atoms with E-state index in [9.17, 15) is 30.8 Å². The second kappa shape index (κ2) is 17.2. The lowest BCUT2D eigenvalue weighted by Gasteiger charge is -2.25. The highest BCUT2D eigenvalue weighted by molar-refractivity contribution is 7.89. The van der Waals surface area contributed by atoms with E-state index in [0.717, 1.165) is 12.3 Å². The zero-order chi connectivity index (χ0) is 39.0. The number of amides is 1. The van der Waals surface area contributed by atoms with Crippen LogP contribution in [0, 0.1) is 0 Å². The number of benzene rings is 3. The van der Waals surface area contributed by atoms with Gasteiger partial charge in [0.25, 0.3) is 5.91 Å². The maximum atomic E-state index is 14.5. The van der Waals surface area contributed by atoms with Crippen LogP contribution in [-0.4, -0.2) is 77.7 Å². The molecule has 290 valence electrons. The standard InChI is InChI=1S/C37H40F4N4O8S/c1-49-27-11-9-24(32(19-27)51-3)22-45(23-25-10-12-28(50-2)20-33(25)52-4)54(47,48)30-8-5-7-26(17-30)43-35(46)31-18-29(53-36(38)39)21-42-34(31)44-15-6-13-37(40,41)14-16-44/h5,7-12,17-21,36H,6,13-16,22-23H2,1-4H3,(H,43,46). The molecule has 1 N–H and O–H groups in total. The fraction of sp³-hybridized carbons (Fsp3) is 0.351. The molecule has 0 spiro atoms. The molecule has 1 aliphatic rings. The Morgan fingerprint density at radius 1 is 0.852 bits per heavy atom. The monoisotopic (exact) mass is 776 g/mol. The van der Waals surface area contributed by atoms with Gasteiger partial charge in [-0.15, -0.1) is 0 Å². The van der Waals surface area contributed by atoms with Crippen LogP contribution in [0.5, 0.6) is 28.7 Å². The van der Waals surface area contributed by atoms with Gasteiger partial charge >= 0.3 is 6.61 Å². The number of methoxy groups -OCH3 is 4. The fourth-order valence-corrected chi connectivity index (χ4v) is 7.40. The fourth-order valence-electron chi connectivity index (χ4n) is 5.95. The van der Waals surface area contributed by atoms with Gasteiger partial charge < -0.3 is 33.9 Å². The number of halogens is 4. The van der Waals surface area contributed by atoms with E-state index in [1.165, 1.54) is 61.9 Å². The summed E-state index contributed by atoms with van der Waals surface area (Å²) >= 11 is 0. The molecule has 0 aliphatic carbocycles. The zero-order valence-corrected chi connectivity index (χ0v) is 30.8. The van der Waals surface area contributed by atoms with Gasteiger partial charge in [0.1, 0.15) is 34.6 Å². The molecule has 0 atom stereocenters. The highest BCUT2D eigenvalue weighted by Crippen LogP contribution is 2.34. The highest BCUT2D eigenvalue weighted by atomic mass is 32.2. The third kappa shape index (κ3) is 9.62. The van der Waals surface area contributed by atoms with Gasteiger partial charge in [0.2, 0.25) is 15.9 Å². The summed E-state index contributed by atoms with van der Waals surface area (Å²) in [7, 11) is 1.54. The van der Waals surface area contributed by atoms with Crippen molar-refractivity contribution in [1.82, 2.24) is 9.29 Å². The molecule has 54 heavy (non-hydrogen) atoms. The van der Waals surface area contributed by atoms with E-state index in [-0.39, 0.29) is 61.0 Å². The Morgan fingerprint density at radius 2 is 1.48 bits per heavy atom. The van der Waals surface area contributed by atoms with E-state index in [1.54, 1.807) is 36.4 Å². The van der Waals surface area contributed by atoms with Crippen molar-refractivity contribution in [2.75, 3.05) is 51.7 Å². The summed E-state index contributed by atoms with van der Waals surface area (Å²) in [6.45, 7) is -3.52. The van der Waals surface area contributed by atoms with Gasteiger partial charge in [-0.05, 0) is 42.8 Å². The molecule has 4 aromatic rings. The van der Waals surface area contributed by atoms with Gasteiger partial charge in [-0.2, -0.15) is 13.1 Å². The molecule has 1 saturated heterocycles. The minimum Gasteiger partial charge on any atom is -0.497 e. The summed E-state index contributed by atoms with van der Waals surface area (Å²) in [6, 6.07) is 16.5. The van der Waals surface area contributed by atoms with Crippen molar-refractivity contribution in [3.05, 3.63) is 89.6 Å². The summed E-state index contributed by atoms with van der Waals surface area (Å²) in [5, 5.41) is 2.62. The number of anilines is 2. The quantitative estimate of drug-likeness (QED) is 0.126. The minimum atomic E-state index is -4.35. The summed E-state index contributed by atoms with van der Waals surface area (Å²) < 4.78 is 111. The lowest BCUT2D eigenvalue weighted by Crippen LogP contribution is -2.31. The summed E-state index contributed by atoms with van der Waals surface area (Å²) in [4.78, 5) is 19.2. The van der Waals surface area contributed by atoms with Crippen LogP contribution in [0.15, 0.2) is 77.8 Å². The lowest BCUT2D eigenvalue weighted by atomic mass is 10.1. The number of hydrogen-bond donors (Lipinski definition) is 1. The number of ether oxygens (including phenoxy) is 5. The predicted molar refractivity (Wildman–Crippen MR) is 192 cm³/mol. The summed E-state index contributed by atoms with van der Waals surface area (Å²) in [5.41, 5.74) is 0.858. The first-order chi connectivity index (χ1) is 25.8. The first-order valence-corrected chi connectivity index (χ1v) is 18.1. The van der Waals surface area contributed by atoms with Crippen LogP contribution in [0.4, 0.5) is 29.1 Å². The molecule has 0 bridgehead atoms. The molecule has 0 unspecified atom stereocenters. The molecule has 1 aliphatic heterocycles.